The van der Waals surface area contributed by atoms with E-state index in [0.717, 1.165) is 23.4 Å². The van der Waals surface area contributed by atoms with Crippen LogP contribution in [-0.4, -0.2) is 76.4 Å². The van der Waals surface area contributed by atoms with Crippen LogP contribution in [-0.2, 0) is 14.3 Å². The molecule has 5 heterocycles. The quantitative estimate of drug-likeness (QED) is 0.710. The van der Waals surface area contributed by atoms with E-state index in [0.29, 0.717) is 37.8 Å². The molecule has 1 atom stereocenters. The summed E-state index contributed by atoms with van der Waals surface area (Å²) in [6.07, 6.45) is 3.41. The van der Waals surface area contributed by atoms with Crippen LogP contribution in [0, 0.1) is 0 Å². The molecule has 154 valence electrons. The molecule has 1 amide bonds. The van der Waals surface area contributed by atoms with Crippen molar-refractivity contribution in [2.24, 2.45) is 0 Å². The zero-order valence-corrected chi connectivity index (χ0v) is 15.5. The number of carbonyl (C=O) groups excluding carboxylic acids is 1. The average molecular weight is 399 g/mol. The zero-order valence-electron chi connectivity index (χ0n) is 15.5. The Labute approximate surface area is 168 Å². The van der Waals surface area contributed by atoms with E-state index in [-0.39, 0.29) is 26.0 Å². The molecular weight excluding hydrogens is 374 g/mol. The largest absolute Gasteiger partial charge is 0.377 e. The molecule has 10 nitrogen and oxygen atoms in total. The summed E-state index contributed by atoms with van der Waals surface area (Å²) < 4.78 is 12.6. The number of anilines is 2. The highest BCUT2D eigenvalue weighted by Crippen LogP contribution is 2.33. The number of hydrogen-bond acceptors (Lipinski definition) is 7. The fourth-order valence-corrected chi connectivity index (χ4v) is 3.72. The van der Waals surface area contributed by atoms with Crippen LogP contribution in [0.25, 0.3) is 16.9 Å². The fourth-order valence-electron chi connectivity index (χ4n) is 3.72. The third kappa shape index (κ3) is 3.34. The number of rotatable bonds is 3. The molecule has 29 heavy (non-hydrogen) atoms. The smallest absolute Gasteiger partial charge is 0.253 e. The van der Waals surface area contributed by atoms with Crippen LogP contribution in [0.5, 0.6) is 0 Å². The van der Waals surface area contributed by atoms with Crippen molar-refractivity contribution in [2.75, 3.05) is 49.3 Å². The van der Waals surface area contributed by atoms with Gasteiger partial charge < -0.3 is 19.3 Å². The van der Waals surface area contributed by atoms with E-state index in [4.69, 9.17) is 14.5 Å². The fraction of sp³-hybridized carbons (Fsp3) is 0.474. The third-order valence-electron chi connectivity index (χ3n) is 5.16. The van der Waals surface area contributed by atoms with Crippen LogP contribution >= 0.6 is 0 Å². The van der Waals surface area contributed by atoms with Crippen molar-refractivity contribution in [3.8, 4) is 5.82 Å². The van der Waals surface area contributed by atoms with Crippen molar-refractivity contribution in [2.45, 2.75) is 20.4 Å². The number of nitrogens with one attached hydrogen (secondary N) is 1. The molecule has 0 aliphatic carbocycles. The first-order valence-corrected chi connectivity index (χ1v) is 9.33. The maximum absolute atomic E-state index is 12.5. The van der Waals surface area contributed by atoms with Gasteiger partial charge >= 0.3 is 0 Å². The topological polar surface area (TPSA) is 101 Å². The summed E-state index contributed by atoms with van der Waals surface area (Å²) in [5, 5.41) is 12.2. The van der Waals surface area contributed by atoms with Crippen molar-refractivity contribution in [1.82, 2.24) is 25.0 Å². The summed E-state index contributed by atoms with van der Waals surface area (Å²) in [5.41, 5.74) is 1.48. The lowest BCUT2D eigenvalue weighted by atomic mass is 10.2. The molecule has 5 rings (SSSR count). The second kappa shape index (κ2) is 7.80. The van der Waals surface area contributed by atoms with Crippen molar-refractivity contribution in [3.05, 3.63) is 24.5 Å². The minimum absolute atomic E-state index is 0. The first-order chi connectivity index (χ1) is 13.7. The Kier molecular flexibility index (Phi) is 5.20. The number of fused-ring (bicyclic) bond motifs is 1. The van der Waals surface area contributed by atoms with Gasteiger partial charge in [-0.05, 0) is 6.92 Å². The van der Waals surface area contributed by atoms with E-state index >= 15 is 0 Å². The summed E-state index contributed by atoms with van der Waals surface area (Å²) >= 11 is 0. The average Bonchev–Trinajstić information content (AvgIpc) is 3.37. The van der Waals surface area contributed by atoms with Crippen LogP contribution < -0.4 is 9.80 Å². The van der Waals surface area contributed by atoms with E-state index in [1.807, 2.05) is 12.1 Å². The maximum atomic E-state index is 12.5. The number of nitrogens with zero attached hydrogens (tertiary/aromatic N) is 6. The highest BCUT2D eigenvalue weighted by atomic mass is 16.5. The van der Waals surface area contributed by atoms with Crippen molar-refractivity contribution in [1.29, 1.82) is 0 Å². The monoisotopic (exact) mass is 399 g/mol. The Morgan fingerprint density at radius 3 is 2.86 bits per heavy atom. The molecule has 0 saturated carbocycles. The summed E-state index contributed by atoms with van der Waals surface area (Å²) in [6.45, 7) is 5.24. The number of morpholine rings is 2. The Bertz CT molecular complexity index is 1000. The highest BCUT2D eigenvalue weighted by molar-refractivity contribution is 6.03. The maximum Gasteiger partial charge on any atom is 0.253 e. The Hall–Kier alpha value is -2.98. The van der Waals surface area contributed by atoms with E-state index in [2.05, 4.69) is 27.1 Å². The molecule has 0 radical (unpaired) electrons. The van der Waals surface area contributed by atoms with Gasteiger partial charge in [-0.15, -0.1) is 0 Å². The van der Waals surface area contributed by atoms with Crippen LogP contribution in [0.15, 0.2) is 24.5 Å². The van der Waals surface area contributed by atoms with E-state index in [1.54, 1.807) is 22.0 Å². The molecular formula is C19H25N7O3. The molecule has 1 N–H and O–H groups in total. The normalized spacial score (nSPS) is 20.2. The molecule has 1 unspecified atom stereocenters. The molecule has 10 heteroatoms. The van der Waals surface area contributed by atoms with E-state index in [1.165, 1.54) is 0 Å². The van der Waals surface area contributed by atoms with Gasteiger partial charge in [0.05, 0.1) is 49.3 Å². The minimum Gasteiger partial charge on any atom is -0.377 e. The van der Waals surface area contributed by atoms with Gasteiger partial charge in [-0.1, -0.05) is 7.43 Å². The predicted molar refractivity (Wildman–Crippen MR) is 109 cm³/mol. The second-order valence-corrected chi connectivity index (χ2v) is 6.95. The number of aromatic amines is 1. The molecule has 0 aromatic carbocycles. The summed E-state index contributed by atoms with van der Waals surface area (Å²) in [7, 11) is 0. The van der Waals surface area contributed by atoms with E-state index in [9.17, 15) is 4.79 Å². The van der Waals surface area contributed by atoms with Gasteiger partial charge in [-0.3, -0.25) is 9.89 Å². The highest BCUT2D eigenvalue weighted by Gasteiger charge is 2.27. The van der Waals surface area contributed by atoms with Crippen LogP contribution in [0.3, 0.4) is 0 Å². The number of aromatic nitrogens is 5. The Morgan fingerprint density at radius 2 is 2.10 bits per heavy atom. The summed E-state index contributed by atoms with van der Waals surface area (Å²) in [4.78, 5) is 21.4. The van der Waals surface area contributed by atoms with Crippen molar-refractivity contribution >= 4 is 28.4 Å². The van der Waals surface area contributed by atoms with Gasteiger partial charge in [0.25, 0.3) is 5.91 Å². The SMILES string of the molecule is C.CC1COCCN1c1cc(N2CCOCC2=O)c2cnn(-c3ccn[nH]3)c2n1. The van der Waals surface area contributed by atoms with Gasteiger partial charge in [-0.2, -0.15) is 14.9 Å². The van der Waals surface area contributed by atoms with E-state index < -0.39 is 0 Å². The Morgan fingerprint density at radius 1 is 1.24 bits per heavy atom. The van der Waals surface area contributed by atoms with Crippen LogP contribution in [0.1, 0.15) is 14.4 Å². The molecule has 0 bridgehead atoms. The Balaban J connectivity index is 0.00000205. The lowest BCUT2D eigenvalue weighted by Gasteiger charge is -2.35. The van der Waals surface area contributed by atoms with Crippen LogP contribution in [0.2, 0.25) is 0 Å². The molecule has 2 aliphatic rings. The number of carbonyl (C=O) groups is 1. The third-order valence-corrected chi connectivity index (χ3v) is 5.16. The summed E-state index contributed by atoms with van der Waals surface area (Å²) in [5.74, 6) is 1.46. The van der Waals surface area contributed by atoms with Gasteiger partial charge in [0, 0.05) is 25.2 Å². The molecule has 3 aromatic rings. The predicted octanol–water partition coefficient (Wildman–Crippen LogP) is 1.37. The lowest BCUT2D eigenvalue weighted by molar-refractivity contribution is -0.125. The number of hydrogen-bond donors (Lipinski definition) is 1. The molecule has 2 fully saturated rings. The van der Waals surface area contributed by atoms with Gasteiger partial charge in [0.1, 0.15) is 12.4 Å². The molecule has 2 saturated heterocycles. The number of pyridine rings is 1. The number of amides is 1. The minimum atomic E-state index is -0.0611. The second-order valence-electron chi connectivity index (χ2n) is 6.95. The summed E-state index contributed by atoms with van der Waals surface area (Å²) in [6, 6.07) is 4.00. The molecule has 3 aromatic heterocycles. The standard InChI is InChI=1S/C18H21N7O3.CH4/c1-12-10-27-6-4-23(12)16-8-14(24-5-7-28-11-17(24)26)13-9-20-25(18(13)21-16)15-2-3-19-22-15;/h2-3,8-9,12H,4-7,10-11H2,1H3,(H,19,22);1H4. The van der Waals surface area contributed by atoms with Gasteiger partial charge in [0.15, 0.2) is 11.5 Å². The molecule has 0 spiro atoms. The number of ether oxygens (including phenoxy) is 2. The first-order valence-electron chi connectivity index (χ1n) is 9.33. The first kappa shape index (κ1) is 19.3. The van der Waals surface area contributed by atoms with Crippen molar-refractivity contribution in [3.63, 3.8) is 0 Å². The van der Waals surface area contributed by atoms with Crippen LogP contribution in [0.4, 0.5) is 11.5 Å². The molecule has 2 aliphatic heterocycles. The number of H-pyrrole nitrogens is 1. The zero-order chi connectivity index (χ0) is 19.1. The van der Waals surface area contributed by atoms with Gasteiger partial charge in [0.2, 0.25) is 0 Å². The van der Waals surface area contributed by atoms with Crippen molar-refractivity contribution < 1.29 is 14.3 Å². The lowest BCUT2D eigenvalue weighted by Crippen LogP contribution is -2.45. The van der Waals surface area contributed by atoms with Gasteiger partial charge in [-0.25, -0.2) is 4.98 Å².